The third kappa shape index (κ3) is 4.68. The zero-order chi connectivity index (χ0) is 15.2. The van der Waals surface area contributed by atoms with Crippen molar-refractivity contribution >= 4 is 17.3 Å². The maximum absolute atomic E-state index is 5.98. The number of nitrogens with one attached hydrogen (secondary N) is 1. The number of benzene rings is 2. The second-order valence-electron chi connectivity index (χ2n) is 5.63. The van der Waals surface area contributed by atoms with Crippen molar-refractivity contribution in [2.45, 2.75) is 27.3 Å². The molecule has 0 bridgehead atoms. The van der Waals surface area contributed by atoms with Crippen LogP contribution in [0.5, 0.6) is 5.75 Å². The van der Waals surface area contributed by atoms with Crippen molar-refractivity contribution < 1.29 is 4.74 Å². The second-order valence-corrected chi connectivity index (χ2v) is 6.06. The van der Waals surface area contributed by atoms with Gasteiger partial charge in [0.25, 0.3) is 0 Å². The van der Waals surface area contributed by atoms with E-state index >= 15 is 0 Å². The fourth-order valence-corrected chi connectivity index (χ4v) is 2.29. The number of rotatable bonds is 6. The van der Waals surface area contributed by atoms with Crippen LogP contribution in [0.15, 0.2) is 42.5 Å². The number of aryl methyl sites for hydroxylation is 1. The van der Waals surface area contributed by atoms with E-state index in [-0.39, 0.29) is 0 Å². The maximum atomic E-state index is 5.98. The fourth-order valence-electron chi connectivity index (χ4n) is 2.06. The average molecular weight is 304 g/mol. The highest BCUT2D eigenvalue weighted by atomic mass is 35.5. The van der Waals surface area contributed by atoms with E-state index in [0.29, 0.717) is 5.92 Å². The van der Waals surface area contributed by atoms with Gasteiger partial charge in [-0.05, 0) is 42.7 Å². The number of anilines is 1. The molecule has 0 amide bonds. The largest absolute Gasteiger partial charge is 0.493 e. The lowest BCUT2D eigenvalue weighted by Gasteiger charge is -2.15. The van der Waals surface area contributed by atoms with Crippen LogP contribution in [0.1, 0.15) is 25.0 Å². The van der Waals surface area contributed by atoms with Crippen LogP contribution in [0.25, 0.3) is 0 Å². The third-order valence-electron chi connectivity index (χ3n) is 3.20. The molecule has 2 nitrogen and oxygen atoms in total. The number of hydrogen-bond donors (Lipinski definition) is 1. The van der Waals surface area contributed by atoms with Gasteiger partial charge in [-0.15, -0.1) is 0 Å². The van der Waals surface area contributed by atoms with Gasteiger partial charge in [-0.3, -0.25) is 0 Å². The summed E-state index contributed by atoms with van der Waals surface area (Å²) >= 11 is 5.98. The summed E-state index contributed by atoms with van der Waals surface area (Å²) in [6.45, 7) is 7.82. The predicted octanol–water partition coefficient (Wildman–Crippen LogP) is 5.30. The molecule has 3 heteroatoms. The summed E-state index contributed by atoms with van der Waals surface area (Å²) in [4.78, 5) is 0. The van der Waals surface area contributed by atoms with E-state index in [1.807, 2.05) is 36.4 Å². The van der Waals surface area contributed by atoms with Crippen molar-refractivity contribution in [1.29, 1.82) is 0 Å². The van der Waals surface area contributed by atoms with E-state index in [9.17, 15) is 0 Å². The Hall–Kier alpha value is -1.67. The Balaban J connectivity index is 2.05. The molecule has 0 spiro atoms. The molecule has 0 saturated heterocycles. The van der Waals surface area contributed by atoms with Gasteiger partial charge in [-0.1, -0.05) is 43.6 Å². The summed E-state index contributed by atoms with van der Waals surface area (Å²) in [5.41, 5.74) is 3.40. The Morgan fingerprint density at radius 2 is 1.90 bits per heavy atom. The number of para-hydroxylation sites is 1. The highest BCUT2D eigenvalue weighted by Gasteiger charge is 2.05. The number of ether oxygens (including phenoxy) is 1. The monoisotopic (exact) mass is 303 g/mol. The molecule has 2 aromatic carbocycles. The van der Waals surface area contributed by atoms with Gasteiger partial charge in [0.1, 0.15) is 5.75 Å². The van der Waals surface area contributed by atoms with Gasteiger partial charge < -0.3 is 10.1 Å². The highest BCUT2D eigenvalue weighted by Crippen LogP contribution is 2.23. The zero-order valence-electron chi connectivity index (χ0n) is 12.8. The van der Waals surface area contributed by atoms with Gasteiger partial charge in [0, 0.05) is 22.8 Å². The molecular formula is C18H22ClNO. The molecule has 0 fully saturated rings. The lowest BCUT2D eigenvalue weighted by atomic mass is 10.1. The van der Waals surface area contributed by atoms with Gasteiger partial charge in [0.2, 0.25) is 0 Å². The Bertz CT molecular complexity index is 596. The van der Waals surface area contributed by atoms with Crippen molar-refractivity contribution in [1.82, 2.24) is 0 Å². The minimum absolute atomic E-state index is 0.518. The van der Waals surface area contributed by atoms with Gasteiger partial charge in [-0.25, -0.2) is 0 Å². The van der Waals surface area contributed by atoms with Crippen molar-refractivity contribution in [2.75, 3.05) is 11.9 Å². The minimum atomic E-state index is 0.518. The summed E-state index contributed by atoms with van der Waals surface area (Å²) in [6, 6.07) is 14.0. The van der Waals surface area contributed by atoms with Crippen molar-refractivity contribution in [3.05, 3.63) is 58.6 Å². The van der Waals surface area contributed by atoms with Gasteiger partial charge in [0.15, 0.2) is 0 Å². The highest BCUT2D eigenvalue weighted by molar-refractivity contribution is 6.30. The van der Waals surface area contributed by atoms with Crippen molar-refractivity contribution in [3.63, 3.8) is 0 Å². The van der Waals surface area contributed by atoms with E-state index < -0.39 is 0 Å². The van der Waals surface area contributed by atoms with E-state index in [1.54, 1.807) is 0 Å². The molecule has 0 saturated carbocycles. The van der Waals surface area contributed by atoms with E-state index in [2.05, 4.69) is 32.2 Å². The van der Waals surface area contributed by atoms with Crippen LogP contribution in [-0.2, 0) is 6.54 Å². The molecule has 0 aliphatic rings. The van der Waals surface area contributed by atoms with Gasteiger partial charge >= 0.3 is 0 Å². The Morgan fingerprint density at radius 3 is 2.62 bits per heavy atom. The third-order valence-corrected chi connectivity index (χ3v) is 3.44. The molecule has 2 rings (SSSR count). The molecule has 1 N–H and O–H groups in total. The summed E-state index contributed by atoms with van der Waals surface area (Å²) < 4.78 is 5.88. The van der Waals surface area contributed by atoms with Crippen LogP contribution in [0.4, 0.5) is 5.69 Å². The number of halogens is 1. The van der Waals surface area contributed by atoms with Crippen LogP contribution in [-0.4, -0.2) is 6.61 Å². The Labute approximate surface area is 132 Å². The molecule has 0 heterocycles. The predicted molar refractivity (Wildman–Crippen MR) is 90.3 cm³/mol. The summed E-state index contributed by atoms with van der Waals surface area (Å²) in [5.74, 6) is 1.47. The first-order chi connectivity index (χ1) is 10.1. The lowest BCUT2D eigenvalue weighted by molar-refractivity contribution is 0.269. The van der Waals surface area contributed by atoms with E-state index in [0.717, 1.165) is 40.7 Å². The van der Waals surface area contributed by atoms with E-state index in [1.165, 1.54) is 0 Å². The molecule has 0 aliphatic carbocycles. The average Bonchev–Trinajstić information content (AvgIpc) is 2.45. The first-order valence-electron chi connectivity index (χ1n) is 7.27. The van der Waals surface area contributed by atoms with Gasteiger partial charge in [0.05, 0.1) is 6.61 Å². The Kier molecular flexibility index (Phi) is 5.51. The quantitative estimate of drug-likeness (QED) is 0.782. The molecular weight excluding hydrogens is 282 g/mol. The standard InChI is InChI=1S/C18H22ClNO/c1-13(2)12-21-18-7-5-4-6-15(18)11-20-17-9-8-16(19)10-14(17)3/h4-10,13,20H,11-12H2,1-3H3. The molecule has 0 atom stereocenters. The topological polar surface area (TPSA) is 21.3 Å². The first kappa shape index (κ1) is 15.7. The smallest absolute Gasteiger partial charge is 0.124 e. The van der Waals surface area contributed by atoms with Gasteiger partial charge in [-0.2, -0.15) is 0 Å². The van der Waals surface area contributed by atoms with Crippen molar-refractivity contribution in [3.8, 4) is 5.75 Å². The normalized spacial score (nSPS) is 10.7. The van der Waals surface area contributed by atoms with Crippen LogP contribution in [0.2, 0.25) is 5.02 Å². The molecule has 0 unspecified atom stereocenters. The SMILES string of the molecule is Cc1cc(Cl)ccc1NCc1ccccc1OCC(C)C. The van der Waals surface area contributed by atoms with Crippen LogP contribution >= 0.6 is 11.6 Å². The molecule has 0 aliphatic heterocycles. The zero-order valence-corrected chi connectivity index (χ0v) is 13.6. The number of hydrogen-bond acceptors (Lipinski definition) is 2. The summed E-state index contributed by atoms with van der Waals surface area (Å²) in [6.07, 6.45) is 0. The summed E-state index contributed by atoms with van der Waals surface area (Å²) in [7, 11) is 0. The molecule has 2 aromatic rings. The van der Waals surface area contributed by atoms with Crippen LogP contribution in [0, 0.1) is 12.8 Å². The van der Waals surface area contributed by atoms with E-state index in [4.69, 9.17) is 16.3 Å². The molecule has 0 radical (unpaired) electrons. The maximum Gasteiger partial charge on any atom is 0.124 e. The minimum Gasteiger partial charge on any atom is -0.493 e. The molecule has 0 aromatic heterocycles. The van der Waals surface area contributed by atoms with Crippen LogP contribution in [0.3, 0.4) is 0 Å². The van der Waals surface area contributed by atoms with Crippen molar-refractivity contribution in [2.24, 2.45) is 5.92 Å². The first-order valence-corrected chi connectivity index (χ1v) is 7.65. The Morgan fingerprint density at radius 1 is 1.14 bits per heavy atom. The van der Waals surface area contributed by atoms with Crippen LogP contribution < -0.4 is 10.1 Å². The second kappa shape index (κ2) is 7.37. The summed E-state index contributed by atoms with van der Waals surface area (Å²) in [5, 5.41) is 4.21. The molecule has 112 valence electrons. The lowest BCUT2D eigenvalue weighted by Crippen LogP contribution is -2.08. The fraction of sp³-hybridized carbons (Fsp3) is 0.333. The molecule has 21 heavy (non-hydrogen) atoms.